The molecule has 38 heavy (non-hydrogen) atoms. The van der Waals surface area contributed by atoms with E-state index in [-0.39, 0.29) is 18.0 Å². The van der Waals surface area contributed by atoms with Crippen LogP contribution in [0.4, 0.5) is 0 Å². The summed E-state index contributed by atoms with van der Waals surface area (Å²) in [7, 11) is 1.82. The van der Waals surface area contributed by atoms with E-state index in [2.05, 4.69) is 4.90 Å². The third-order valence-corrected chi connectivity index (χ3v) is 9.78. The van der Waals surface area contributed by atoms with Crippen molar-refractivity contribution in [1.82, 2.24) is 9.80 Å². The molecule has 3 heterocycles. The van der Waals surface area contributed by atoms with Crippen molar-refractivity contribution in [1.29, 1.82) is 0 Å². The molecule has 200 valence electrons. The van der Waals surface area contributed by atoms with Gasteiger partial charge in [0.05, 0.1) is 29.6 Å². The second kappa shape index (κ2) is 8.45. The van der Waals surface area contributed by atoms with Gasteiger partial charge in [-0.1, -0.05) is 6.07 Å². The van der Waals surface area contributed by atoms with Gasteiger partial charge in [0, 0.05) is 43.8 Å². The van der Waals surface area contributed by atoms with Gasteiger partial charge in [0.15, 0.2) is 11.5 Å². The molecule has 5 atom stereocenters. The van der Waals surface area contributed by atoms with Crippen molar-refractivity contribution >= 4 is 18.0 Å². The highest BCUT2D eigenvalue weighted by Gasteiger charge is 2.73. The van der Waals surface area contributed by atoms with Crippen LogP contribution in [-0.2, 0) is 21.4 Å². The fraction of sp³-hybridized carbons (Fsp3) is 0.533. The highest BCUT2D eigenvalue weighted by Crippen LogP contribution is 2.66. The van der Waals surface area contributed by atoms with Crippen LogP contribution in [0.25, 0.3) is 6.08 Å². The first-order valence-electron chi connectivity index (χ1n) is 13.8. The van der Waals surface area contributed by atoms with Gasteiger partial charge in [0.25, 0.3) is 0 Å². The van der Waals surface area contributed by atoms with E-state index in [9.17, 15) is 14.7 Å². The number of piperidine rings is 1. The SMILES string of the molecule is CC(=O)Oc1ccc2c3c1O[C@H]1[C@H](N(C)C(=O)/C=C/c4ccoc4)CC[C@@]4(O)[C@@H](C2)N(CC2CC2)CC[C@]314. The van der Waals surface area contributed by atoms with Gasteiger partial charge < -0.3 is 23.9 Å². The second-order valence-electron chi connectivity index (χ2n) is 11.8. The minimum absolute atomic E-state index is 0.00363. The van der Waals surface area contributed by atoms with E-state index < -0.39 is 23.1 Å². The molecule has 1 aromatic carbocycles. The standard InChI is InChI=1S/C30H34N2O6/c1-18(33)37-23-7-6-21-15-24-30(35)11-9-22(31(2)25(34)8-5-20-10-14-36-17-20)28-29(30,26(21)27(23)38-28)12-13-32(24)16-19-3-4-19/h5-8,10,14,17,19,22,24,28,35H,3-4,9,11-13,15-16H2,1-2H3/b8-5+/t22-,24-,28+,29+,30-/m1/s1. The average molecular weight is 519 g/mol. The molecule has 3 fully saturated rings. The molecule has 3 aliphatic carbocycles. The number of furan rings is 1. The zero-order valence-electron chi connectivity index (χ0n) is 21.9. The lowest BCUT2D eigenvalue weighted by atomic mass is 9.48. The number of likely N-dealkylation sites (tertiary alicyclic amines) is 1. The zero-order chi connectivity index (χ0) is 26.2. The fourth-order valence-corrected chi connectivity index (χ4v) is 7.90. The Balaban J connectivity index is 1.30. The highest BCUT2D eigenvalue weighted by atomic mass is 16.6. The fourth-order valence-electron chi connectivity index (χ4n) is 7.90. The molecule has 8 heteroatoms. The number of carbonyl (C=O) groups is 2. The van der Waals surface area contributed by atoms with Crippen molar-refractivity contribution in [3.8, 4) is 11.5 Å². The molecule has 8 nitrogen and oxygen atoms in total. The number of benzene rings is 1. The summed E-state index contributed by atoms with van der Waals surface area (Å²) in [5.74, 6) is 1.16. The first-order valence-corrected chi connectivity index (χ1v) is 13.8. The van der Waals surface area contributed by atoms with E-state index in [1.165, 1.54) is 19.8 Å². The van der Waals surface area contributed by atoms with Crippen molar-refractivity contribution in [3.05, 3.63) is 53.5 Å². The molecule has 1 saturated heterocycles. The number of amides is 1. The first-order chi connectivity index (χ1) is 18.3. The van der Waals surface area contributed by atoms with Crippen LogP contribution < -0.4 is 9.47 Å². The monoisotopic (exact) mass is 518 g/mol. The summed E-state index contributed by atoms with van der Waals surface area (Å²) in [5, 5.41) is 12.7. The molecule has 0 radical (unpaired) electrons. The molecular weight excluding hydrogens is 484 g/mol. The molecule has 1 amide bonds. The van der Waals surface area contributed by atoms with Crippen LogP contribution in [0.3, 0.4) is 0 Å². The Morgan fingerprint density at radius 3 is 2.82 bits per heavy atom. The number of hydrogen-bond acceptors (Lipinski definition) is 7. The minimum Gasteiger partial charge on any atom is -0.483 e. The van der Waals surface area contributed by atoms with E-state index in [1.807, 2.05) is 19.2 Å². The number of nitrogens with zero attached hydrogens (tertiary/aromatic N) is 2. The van der Waals surface area contributed by atoms with Gasteiger partial charge in [-0.05, 0) is 74.8 Å². The van der Waals surface area contributed by atoms with Crippen LogP contribution in [0.15, 0.2) is 41.2 Å². The number of aliphatic hydroxyl groups is 1. The van der Waals surface area contributed by atoms with Crippen LogP contribution in [0, 0.1) is 5.92 Å². The highest BCUT2D eigenvalue weighted by molar-refractivity contribution is 5.92. The molecule has 2 saturated carbocycles. The molecule has 5 aliphatic rings. The lowest BCUT2D eigenvalue weighted by Gasteiger charge is -2.64. The molecule has 2 aliphatic heterocycles. The van der Waals surface area contributed by atoms with E-state index in [1.54, 1.807) is 35.6 Å². The lowest BCUT2D eigenvalue weighted by Crippen LogP contribution is -2.78. The Kier molecular flexibility index (Phi) is 5.33. The van der Waals surface area contributed by atoms with Gasteiger partial charge in [-0.15, -0.1) is 0 Å². The maximum absolute atomic E-state index is 13.3. The quantitative estimate of drug-likeness (QED) is 0.356. The van der Waals surface area contributed by atoms with Crippen LogP contribution >= 0.6 is 0 Å². The number of ether oxygens (including phenoxy) is 2. The van der Waals surface area contributed by atoms with Gasteiger partial charge in [-0.3, -0.25) is 14.5 Å². The second-order valence-corrected chi connectivity index (χ2v) is 11.8. The molecular formula is C30H34N2O6. The van der Waals surface area contributed by atoms with Gasteiger partial charge in [-0.25, -0.2) is 0 Å². The Bertz CT molecular complexity index is 1320. The van der Waals surface area contributed by atoms with Crippen LogP contribution in [0.1, 0.15) is 55.7 Å². The normalized spacial score (nSPS) is 33.1. The first kappa shape index (κ1) is 24.0. The Labute approximate surface area is 222 Å². The lowest BCUT2D eigenvalue weighted by molar-refractivity contribution is -0.200. The molecule has 2 aromatic rings. The van der Waals surface area contributed by atoms with Crippen molar-refractivity contribution in [2.75, 3.05) is 20.1 Å². The number of likely N-dealkylation sites (N-methyl/N-ethyl adjacent to an activating group) is 1. The average Bonchev–Trinajstić information content (AvgIpc) is 3.40. The summed E-state index contributed by atoms with van der Waals surface area (Å²) >= 11 is 0. The molecule has 1 spiro atoms. The van der Waals surface area contributed by atoms with Crippen LogP contribution in [0.2, 0.25) is 0 Å². The third kappa shape index (κ3) is 3.35. The van der Waals surface area contributed by atoms with E-state index in [4.69, 9.17) is 13.9 Å². The molecule has 2 bridgehead atoms. The van der Waals surface area contributed by atoms with Crippen LogP contribution in [0.5, 0.6) is 11.5 Å². The molecule has 1 N–H and O–H groups in total. The van der Waals surface area contributed by atoms with Gasteiger partial charge in [0.2, 0.25) is 5.91 Å². The summed E-state index contributed by atoms with van der Waals surface area (Å²) in [6.45, 7) is 3.30. The van der Waals surface area contributed by atoms with E-state index in [0.29, 0.717) is 24.3 Å². The minimum atomic E-state index is -0.981. The summed E-state index contributed by atoms with van der Waals surface area (Å²) in [6.07, 6.45) is 11.3. The molecule has 0 unspecified atom stereocenters. The van der Waals surface area contributed by atoms with E-state index >= 15 is 0 Å². The van der Waals surface area contributed by atoms with Gasteiger partial charge in [-0.2, -0.15) is 0 Å². The Morgan fingerprint density at radius 1 is 1.24 bits per heavy atom. The molecule has 7 rings (SSSR count). The van der Waals surface area contributed by atoms with Gasteiger partial charge >= 0.3 is 5.97 Å². The smallest absolute Gasteiger partial charge is 0.308 e. The van der Waals surface area contributed by atoms with E-state index in [0.717, 1.165) is 48.5 Å². The topological polar surface area (TPSA) is 92.5 Å². The Hall–Kier alpha value is -3.10. The predicted octanol–water partition coefficient (Wildman–Crippen LogP) is 3.31. The summed E-state index contributed by atoms with van der Waals surface area (Å²) < 4.78 is 17.5. The maximum Gasteiger partial charge on any atom is 0.308 e. The number of esters is 1. The molecule has 1 aromatic heterocycles. The maximum atomic E-state index is 13.3. The number of rotatable bonds is 6. The number of hydrogen-bond donors (Lipinski definition) is 1. The summed E-state index contributed by atoms with van der Waals surface area (Å²) in [6, 6.07) is 5.44. The van der Waals surface area contributed by atoms with Crippen molar-refractivity contribution in [3.63, 3.8) is 0 Å². The largest absolute Gasteiger partial charge is 0.483 e. The summed E-state index contributed by atoms with van der Waals surface area (Å²) in [4.78, 5) is 29.5. The number of carbonyl (C=O) groups excluding carboxylic acids is 2. The van der Waals surface area contributed by atoms with Crippen molar-refractivity contribution in [2.24, 2.45) is 5.92 Å². The van der Waals surface area contributed by atoms with Gasteiger partial charge in [0.1, 0.15) is 6.10 Å². The van der Waals surface area contributed by atoms with Crippen molar-refractivity contribution < 1.29 is 28.6 Å². The Morgan fingerprint density at radius 2 is 2.08 bits per heavy atom. The van der Waals surface area contributed by atoms with Crippen molar-refractivity contribution in [2.45, 2.75) is 74.7 Å². The predicted molar refractivity (Wildman–Crippen MR) is 139 cm³/mol. The zero-order valence-corrected chi connectivity index (χ0v) is 21.9. The van der Waals surface area contributed by atoms with Crippen LogP contribution in [-0.4, -0.2) is 70.7 Å². The summed E-state index contributed by atoms with van der Waals surface area (Å²) in [5.41, 5.74) is 1.32. The third-order valence-electron chi connectivity index (χ3n) is 9.78.